The molecule has 0 bridgehead atoms. The Morgan fingerprint density at radius 2 is 2.06 bits per heavy atom. The highest BCUT2D eigenvalue weighted by Gasteiger charge is 2.08. The number of benzene rings is 1. The van der Waals surface area contributed by atoms with E-state index in [4.69, 9.17) is 9.84 Å². The van der Waals surface area contributed by atoms with Gasteiger partial charge >= 0.3 is 5.97 Å². The van der Waals surface area contributed by atoms with E-state index in [9.17, 15) is 4.79 Å². The van der Waals surface area contributed by atoms with Crippen LogP contribution in [0.4, 0.5) is 0 Å². The first-order chi connectivity index (χ1) is 7.56. The first kappa shape index (κ1) is 12.6. The van der Waals surface area contributed by atoms with Crippen molar-refractivity contribution in [2.75, 3.05) is 7.11 Å². The summed E-state index contributed by atoms with van der Waals surface area (Å²) in [4.78, 5) is 10.4. The Morgan fingerprint density at radius 1 is 1.38 bits per heavy atom. The highest BCUT2D eigenvalue weighted by Crippen LogP contribution is 2.26. The molecular weight excluding hydrogens is 204 g/mol. The van der Waals surface area contributed by atoms with Gasteiger partial charge in [-0.15, -0.1) is 0 Å². The summed E-state index contributed by atoms with van der Waals surface area (Å²) in [7, 11) is 1.66. The van der Waals surface area contributed by atoms with Crippen molar-refractivity contribution in [2.24, 2.45) is 0 Å². The lowest BCUT2D eigenvalue weighted by atomic mass is 9.99. The molecule has 1 N–H and O–H groups in total. The number of aliphatic carboxylic acids is 1. The highest BCUT2D eigenvalue weighted by atomic mass is 16.5. The summed E-state index contributed by atoms with van der Waals surface area (Å²) in [5.41, 5.74) is 3.40. The van der Waals surface area contributed by atoms with Crippen LogP contribution in [0.2, 0.25) is 0 Å². The van der Waals surface area contributed by atoms with Crippen molar-refractivity contribution < 1.29 is 14.6 Å². The molecule has 0 aliphatic carbocycles. The average molecular weight is 222 g/mol. The molecule has 3 heteroatoms. The average Bonchev–Trinajstić information content (AvgIpc) is 2.22. The van der Waals surface area contributed by atoms with Crippen LogP contribution < -0.4 is 4.74 Å². The van der Waals surface area contributed by atoms with E-state index in [1.807, 2.05) is 19.9 Å². The molecule has 88 valence electrons. The van der Waals surface area contributed by atoms with Crippen LogP contribution in [0.25, 0.3) is 0 Å². The van der Waals surface area contributed by atoms with Crippen LogP contribution in [0, 0.1) is 13.8 Å². The monoisotopic (exact) mass is 222 g/mol. The van der Waals surface area contributed by atoms with Gasteiger partial charge in [0.1, 0.15) is 5.75 Å². The zero-order valence-corrected chi connectivity index (χ0v) is 10.0. The smallest absolute Gasteiger partial charge is 0.303 e. The SMILES string of the molecule is COc1c(C)ccc(CCCC(=O)O)c1C. The van der Waals surface area contributed by atoms with Gasteiger partial charge in [0, 0.05) is 6.42 Å². The summed E-state index contributed by atoms with van der Waals surface area (Å²) in [6.07, 6.45) is 1.67. The Balaban J connectivity index is 2.77. The van der Waals surface area contributed by atoms with Crippen LogP contribution >= 0.6 is 0 Å². The molecule has 0 radical (unpaired) electrons. The molecule has 0 heterocycles. The first-order valence-corrected chi connectivity index (χ1v) is 5.41. The van der Waals surface area contributed by atoms with Crippen LogP contribution in [0.15, 0.2) is 12.1 Å². The number of methoxy groups -OCH3 is 1. The van der Waals surface area contributed by atoms with Gasteiger partial charge in [0.25, 0.3) is 0 Å². The Bertz CT molecular complexity index is 383. The Labute approximate surface area is 96.1 Å². The number of hydrogen-bond donors (Lipinski definition) is 1. The molecule has 1 aromatic rings. The molecule has 0 aliphatic rings. The molecular formula is C13H18O3. The quantitative estimate of drug-likeness (QED) is 0.833. The molecule has 1 aromatic carbocycles. The van der Waals surface area contributed by atoms with Crippen molar-refractivity contribution >= 4 is 5.97 Å². The largest absolute Gasteiger partial charge is 0.496 e. The van der Waals surface area contributed by atoms with Crippen molar-refractivity contribution in [2.45, 2.75) is 33.1 Å². The Hall–Kier alpha value is -1.51. The van der Waals surface area contributed by atoms with Gasteiger partial charge in [-0.05, 0) is 43.4 Å². The second-order valence-corrected chi connectivity index (χ2v) is 3.95. The molecule has 0 atom stereocenters. The number of ether oxygens (including phenoxy) is 1. The minimum absolute atomic E-state index is 0.218. The van der Waals surface area contributed by atoms with Gasteiger partial charge in [0.05, 0.1) is 7.11 Å². The van der Waals surface area contributed by atoms with Crippen LogP contribution in [-0.2, 0) is 11.2 Å². The summed E-state index contributed by atoms with van der Waals surface area (Å²) < 4.78 is 5.33. The molecule has 0 saturated heterocycles. The van der Waals surface area contributed by atoms with Gasteiger partial charge in [0.15, 0.2) is 0 Å². The van der Waals surface area contributed by atoms with E-state index in [2.05, 4.69) is 6.07 Å². The van der Waals surface area contributed by atoms with Gasteiger partial charge in [-0.3, -0.25) is 4.79 Å². The van der Waals surface area contributed by atoms with Gasteiger partial charge in [-0.25, -0.2) is 0 Å². The number of carbonyl (C=O) groups is 1. The van der Waals surface area contributed by atoms with Crippen molar-refractivity contribution in [1.82, 2.24) is 0 Å². The first-order valence-electron chi connectivity index (χ1n) is 5.41. The number of rotatable bonds is 5. The molecule has 0 saturated carbocycles. The molecule has 0 aromatic heterocycles. The van der Waals surface area contributed by atoms with E-state index in [0.29, 0.717) is 6.42 Å². The van der Waals surface area contributed by atoms with E-state index in [-0.39, 0.29) is 6.42 Å². The third-order valence-electron chi connectivity index (χ3n) is 2.76. The zero-order chi connectivity index (χ0) is 12.1. The molecule has 0 amide bonds. The lowest BCUT2D eigenvalue weighted by Crippen LogP contribution is -1.99. The minimum atomic E-state index is -0.739. The molecule has 0 unspecified atom stereocenters. The molecule has 0 fully saturated rings. The van der Waals surface area contributed by atoms with Crippen LogP contribution in [0.5, 0.6) is 5.75 Å². The Morgan fingerprint density at radius 3 is 2.62 bits per heavy atom. The third kappa shape index (κ3) is 2.99. The van der Waals surface area contributed by atoms with Gasteiger partial charge in [-0.1, -0.05) is 12.1 Å². The second-order valence-electron chi connectivity index (χ2n) is 3.95. The fourth-order valence-electron chi connectivity index (χ4n) is 1.88. The Kier molecular flexibility index (Phi) is 4.35. The van der Waals surface area contributed by atoms with Crippen LogP contribution in [0.3, 0.4) is 0 Å². The summed E-state index contributed by atoms with van der Waals surface area (Å²) in [5, 5.41) is 8.58. The van der Waals surface area contributed by atoms with Crippen LogP contribution in [-0.4, -0.2) is 18.2 Å². The maximum absolute atomic E-state index is 10.4. The predicted molar refractivity (Wildman–Crippen MR) is 63.0 cm³/mol. The zero-order valence-electron chi connectivity index (χ0n) is 10.0. The van der Waals surface area contributed by atoms with Gasteiger partial charge in [-0.2, -0.15) is 0 Å². The highest BCUT2D eigenvalue weighted by molar-refractivity contribution is 5.66. The topological polar surface area (TPSA) is 46.5 Å². The molecule has 0 aliphatic heterocycles. The molecule has 1 rings (SSSR count). The van der Waals surface area contributed by atoms with Crippen molar-refractivity contribution in [3.05, 3.63) is 28.8 Å². The number of carboxylic acid groups (broad SMARTS) is 1. The van der Waals surface area contributed by atoms with E-state index in [1.165, 1.54) is 5.56 Å². The van der Waals surface area contributed by atoms with Crippen molar-refractivity contribution in [1.29, 1.82) is 0 Å². The number of hydrogen-bond acceptors (Lipinski definition) is 2. The minimum Gasteiger partial charge on any atom is -0.496 e. The number of carboxylic acids is 1. The molecule has 3 nitrogen and oxygen atoms in total. The summed E-state index contributed by atoms with van der Waals surface area (Å²) in [6, 6.07) is 4.07. The van der Waals surface area contributed by atoms with E-state index in [0.717, 1.165) is 23.3 Å². The van der Waals surface area contributed by atoms with Gasteiger partial charge in [0.2, 0.25) is 0 Å². The molecule has 16 heavy (non-hydrogen) atoms. The maximum Gasteiger partial charge on any atom is 0.303 e. The fourth-order valence-corrected chi connectivity index (χ4v) is 1.88. The van der Waals surface area contributed by atoms with Crippen molar-refractivity contribution in [3.63, 3.8) is 0 Å². The summed E-state index contributed by atoms with van der Waals surface area (Å²) in [6.45, 7) is 4.02. The fraction of sp³-hybridized carbons (Fsp3) is 0.462. The van der Waals surface area contributed by atoms with Gasteiger partial charge < -0.3 is 9.84 Å². The molecule has 0 spiro atoms. The normalized spacial score (nSPS) is 10.2. The summed E-state index contributed by atoms with van der Waals surface area (Å²) in [5.74, 6) is 0.171. The lowest BCUT2D eigenvalue weighted by Gasteiger charge is -2.12. The van der Waals surface area contributed by atoms with Crippen molar-refractivity contribution in [3.8, 4) is 5.75 Å². The lowest BCUT2D eigenvalue weighted by molar-refractivity contribution is -0.137. The van der Waals surface area contributed by atoms with E-state index >= 15 is 0 Å². The summed E-state index contributed by atoms with van der Waals surface area (Å²) >= 11 is 0. The number of aryl methyl sites for hydroxylation is 2. The van der Waals surface area contributed by atoms with E-state index < -0.39 is 5.97 Å². The predicted octanol–water partition coefficient (Wildman–Crippen LogP) is 2.72. The van der Waals surface area contributed by atoms with Crippen LogP contribution in [0.1, 0.15) is 29.5 Å². The van der Waals surface area contributed by atoms with E-state index in [1.54, 1.807) is 7.11 Å². The third-order valence-corrected chi connectivity index (χ3v) is 2.76. The standard InChI is InChI=1S/C13H18O3/c1-9-7-8-11(5-4-6-12(14)15)10(2)13(9)16-3/h7-8H,4-6H2,1-3H3,(H,14,15). The maximum atomic E-state index is 10.4. The second kappa shape index (κ2) is 5.54.